The minimum absolute atomic E-state index is 0.0505. The van der Waals surface area contributed by atoms with Crippen LogP contribution in [0.2, 0.25) is 0 Å². The number of aryl methyl sites for hydroxylation is 1. The van der Waals surface area contributed by atoms with E-state index < -0.39 is 0 Å². The van der Waals surface area contributed by atoms with Crippen LogP contribution >= 0.6 is 0 Å². The summed E-state index contributed by atoms with van der Waals surface area (Å²) in [6, 6.07) is 8.02. The number of carbonyl (C=O) groups is 1. The maximum atomic E-state index is 12.3. The van der Waals surface area contributed by atoms with Gasteiger partial charge in [0, 0.05) is 19.0 Å². The lowest BCUT2D eigenvalue weighted by Gasteiger charge is -2.26. The summed E-state index contributed by atoms with van der Waals surface area (Å²) in [7, 11) is 0. The number of carbonyl (C=O) groups excluding carboxylic acids is 1. The number of rotatable bonds is 6. The van der Waals surface area contributed by atoms with E-state index in [1.165, 1.54) is 5.56 Å². The van der Waals surface area contributed by atoms with Crippen molar-refractivity contribution in [2.45, 2.75) is 39.7 Å². The zero-order valence-electron chi connectivity index (χ0n) is 12.3. The van der Waals surface area contributed by atoms with Crippen molar-refractivity contribution in [1.29, 1.82) is 0 Å². The Morgan fingerprint density at radius 3 is 2.45 bits per heavy atom. The Balaban J connectivity index is 2.66. The Morgan fingerprint density at radius 2 is 1.95 bits per heavy atom. The normalized spacial score (nSPS) is 11.7. The molecule has 1 amide bonds. The third kappa shape index (κ3) is 4.91. The fourth-order valence-corrected chi connectivity index (χ4v) is 1.94. The Morgan fingerprint density at radius 1 is 1.35 bits per heavy atom. The standard InChI is InChI=1S/C15H23N3O2/c1-11(2)18(9-8-14(16)17-20)15(19)10-13-6-4-12(3)5-7-13/h4-7,11,20H,8-10H2,1-3H3,(H2,16,17). The van der Waals surface area contributed by atoms with Gasteiger partial charge in [-0.05, 0) is 26.3 Å². The van der Waals surface area contributed by atoms with Gasteiger partial charge in [0.05, 0.1) is 6.42 Å². The molecule has 0 radical (unpaired) electrons. The Hall–Kier alpha value is -2.04. The minimum Gasteiger partial charge on any atom is -0.409 e. The molecule has 3 N–H and O–H groups in total. The van der Waals surface area contributed by atoms with E-state index in [-0.39, 0.29) is 17.8 Å². The van der Waals surface area contributed by atoms with Gasteiger partial charge in [-0.15, -0.1) is 0 Å². The van der Waals surface area contributed by atoms with Crippen LogP contribution in [0.5, 0.6) is 0 Å². The quantitative estimate of drug-likeness (QED) is 0.361. The molecule has 0 saturated heterocycles. The number of nitrogens with zero attached hydrogens (tertiary/aromatic N) is 2. The highest BCUT2D eigenvalue weighted by molar-refractivity contribution is 5.82. The summed E-state index contributed by atoms with van der Waals surface area (Å²) in [5.74, 6) is 0.188. The molecule has 20 heavy (non-hydrogen) atoms. The highest BCUT2D eigenvalue weighted by Crippen LogP contribution is 2.08. The topological polar surface area (TPSA) is 78.9 Å². The molecule has 0 aliphatic rings. The second-order valence-corrected chi connectivity index (χ2v) is 5.18. The van der Waals surface area contributed by atoms with E-state index in [0.29, 0.717) is 19.4 Å². The molecule has 0 saturated carbocycles. The number of amidine groups is 1. The van der Waals surface area contributed by atoms with Crippen LogP contribution in [-0.2, 0) is 11.2 Å². The van der Waals surface area contributed by atoms with E-state index in [9.17, 15) is 4.79 Å². The SMILES string of the molecule is Cc1ccc(CC(=O)N(CCC(N)=NO)C(C)C)cc1. The third-order valence-corrected chi connectivity index (χ3v) is 3.16. The van der Waals surface area contributed by atoms with E-state index in [2.05, 4.69) is 5.16 Å². The fraction of sp³-hybridized carbons (Fsp3) is 0.467. The first-order valence-electron chi connectivity index (χ1n) is 6.75. The van der Waals surface area contributed by atoms with Gasteiger partial charge in [0.15, 0.2) is 0 Å². The molecule has 1 aromatic carbocycles. The summed E-state index contributed by atoms with van der Waals surface area (Å²) in [5.41, 5.74) is 7.62. The summed E-state index contributed by atoms with van der Waals surface area (Å²) in [6.45, 7) is 6.39. The first kappa shape index (κ1) is 16.0. The summed E-state index contributed by atoms with van der Waals surface area (Å²) >= 11 is 0. The van der Waals surface area contributed by atoms with Crippen LogP contribution in [0.4, 0.5) is 0 Å². The fourth-order valence-electron chi connectivity index (χ4n) is 1.94. The molecule has 110 valence electrons. The molecule has 0 spiro atoms. The zero-order chi connectivity index (χ0) is 15.1. The van der Waals surface area contributed by atoms with E-state index in [1.54, 1.807) is 4.90 Å². The van der Waals surface area contributed by atoms with Crippen molar-refractivity contribution in [3.8, 4) is 0 Å². The molecular weight excluding hydrogens is 254 g/mol. The number of benzene rings is 1. The largest absolute Gasteiger partial charge is 0.409 e. The van der Waals surface area contributed by atoms with Crippen LogP contribution in [0.15, 0.2) is 29.4 Å². The van der Waals surface area contributed by atoms with E-state index in [1.807, 2.05) is 45.0 Å². The molecule has 1 rings (SSSR count). The minimum atomic E-state index is 0.0505. The van der Waals surface area contributed by atoms with Crippen molar-refractivity contribution in [2.75, 3.05) is 6.54 Å². The lowest BCUT2D eigenvalue weighted by atomic mass is 10.1. The average molecular weight is 277 g/mol. The second-order valence-electron chi connectivity index (χ2n) is 5.18. The number of nitrogens with two attached hydrogens (primary N) is 1. The van der Waals surface area contributed by atoms with E-state index in [4.69, 9.17) is 10.9 Å². The predicted octanol–water partition coefficient (Wildman–Crippen LogP) is 1.91. The van der Waals surface area contributed by atoms with Crippen molar-refractivity contribution in [1.82, 2.24) is 4.90 Å². The molecular formula is C15H23N3O2. The molecule has 5 heteroatoms. The Bertz CT molecular complexity index is 467. The maximum Gasteiger partial charge on any atom is 0.227 e. The molecule has 0 aliphatic heterocycles. The van der Waals surface area contributed by atoms with Crippen LogP contribution in [0.1, 0.15) is 31.4 Å². The van der Waals surface area contributed by atoms with Gasteiger partial charge in [-0.2, -0.15) is 0 Å². The van der Waals surface area contributed by atoms with Gasteiger partial charge in [-0.25, -0.2) is 0 Å². The van der Waals surface area contributed by atoms with Crippen molar-refractivity contribution in [3.05, 3.63) is 35.4 Å². The Kier molecular flexibility index (Phi) is 6.03. The number of hydrogen-bond donors (Lipinski definition) is 2. The van der Waals surface area contributed by atoms with Crippen LogP contribution in [-0.4, -0.2) is 34.4 Å². The molecule has 5 nitrogen and oxygen atoms in total. The molecule has 0 aromatic heterocycles. The van der Waals surface area contributed by atoms with Gasteiger partial charge >= 0.3 is 0 Å². The van der Waals surface area contributed by atoms with Gasteiger partial charge in [0.1, 0.15) is 5.84 Å². The van der Waals surface area contributed by atoms with Crippen molar-refractivity contribution >= 4 is 11.7 Å². The van der Waals surface area contributed by atoms with Crippen LogP contribution in [0.25, 0.3) is 0 Å². The zero-order valence-corrected chi connectivity index (χ0v) is 12.3. The first-order valence-corrected chi connectivity index (χ1v) is 6.75. The van der Waals surface area contributed by atoms with E-state index in [0.717, 1.165) is 5.56 Å². The molecule has 0 fully saturated rings. The Labute approximate surface area is 120 Å². The summed E-state index contributed by atoms with van der Waals surface area (Å²) in [4.78, 5) is 14.1. The first-order chi connectivity index (χ1) is 9.43. The molecule has 0 bridgehead atoms. The summed E-state index contributed by atoms with van der Waals surface area (Å²) in [6.07, 6.45) is 0.739. The highest BCUT2D eigenvalue weighted by Gasteiger charge is 2.17. The van der Waals surface area contributed by atoms with Gasteiger partial charge in [0.25, 0.3) is 0 Å². The van der Waals surface area contributed by atoms with Gasteiger partial charge in [0.2, 0.25) is 5.91 Å². The van der Waals surface area contributed by atoms with Crippen LogP contribution in [0, 0.1) is 6.92 Å². The average Bonchev–Trinajstić information content (AvgIpc) is 2.41. The van der Waals surface area contributed by atoms with Crippen LogP contribution in [0.3, 0.4) is 0 Å². The van der Waals surface area contributed by atoms with Crippen molar-refractivity contribution in [3.63, 3.8) is 0 Å². The summed E-state index contributed by atoms with van der Waals surface area (Å²) < 4.78 is 0. The number of hydrogen-bond acceptors (Lipinski definition) is 3. The number of oxime groups is 1. The molecule has 1 aromatic rings. The van der Waals surface area contributed by atoms with Gasteiger partial charge in [-0.1, -0.05) is 35.0 Å². The highest BCUT2D eigenvalue weighted by atomic mass is 16.4. The molecule has 0 unspecified atom stereocenters. The monoisotopic (exact) mass is 277 g/mol. The second kappa shape index (κ2) is 7.53. The number of amides is 1. The smallest absolute Gasteiger partial charge is 0.227 e. The molecule has 0 heterocycles. The summed E-state index contributed by atoms with van der Waals surface area (Å²) in [5, 5.41) is 11.5. The van der Waals surface area contributed by atoms with Gasteiger partial charge in [-0.3, -0.25) is 4.79 Å². The predicted molar refractivity (Wildman–Crippen MR) is 79.8 cm³/mol. The van der Waals surface area contributed by atoms with E-state index >= 15 is 0 Å². The van der Waals surface area contributed by atoms with Crippen LogP contribution < -0.4 is 5.73 Å². The van der Waals surface area contributed by atoms with Crippen molar-refractivity contribution in [2.24, 2.45) is 10.9 Å². The third-order valence-electron chi connectivity index (χ3n) is 3.16. The van der Waals surface area contributed by atoms with Crippen molar-refractivity contribution < 1.29 is 10.0 Å². The lowest BCUT2D eigenvalue weighted by molar-refractivity contribution is -0.132. The molecule has 0 atom stereocenters. The maximum absolute atomic E-state index is 12.3. The lowest BCUT2D eigenvalue weighted by Crippen LogP contribution is -2.40. The molecule has 0 aliphatic carbocycles. The van der Waals surface area contributed by atoms with Gasteiger partial charge < -0.3 is 15.8 Å².